The molecule has 1 saturated heterocycles. The zero-order valence-corrected chi connectivity index (χ0v) is 16.2. The summed E-state index contributed by atoms with van der Waals surface area (Å²) in [5.41, 5.74) is -0.473. The lowest BCUT2D eigenvalue weighted by molar-refractivity contribution is 0.0492. The fraction of sp³-hybridized carbons (Fsp3) is 0.833. The number of amides is 1. The minimum absolute atomic E-state index is 0.0743. The summed E-state index contributed by atoms with van der Waals surface area (Å²) < 4.78 is 10.6. The molecule has 25 heavy (non-hydrogen) atoms. The van der Waals surface area contributed by atoms with E-state index in [4.69, 9.17) is 9.26 Å². The zero-order chi connectivity index (χ0) is 18.4. The summed E-state index contributed by atoms with van der Waals surface area (Å²) in [5.74, 6) is 1.88. The van der Waals surface area contributed by atoms with Gasteiger partial charge in [0.25, 0.3) is 0 Å². The van der Waals surface area contributed by atoms with E-state index in [0.717, 1.165) is 50.5 Å². The first-order chi connectivity index (χ1) is 11.8. The first-order valence-electron chi connectivity index (χ1n) is 9.30. The molecule has 0 bridgehead atoms. The van der Waals surface area contributed by atoms with Gasteiger partial charge in [0.1, 0.15) is 5.60 Å². The van der Waals surface area contributed by atoms with Gasteiger partial charge < -0.3 is 14.6 Å². The Kier molecular flexibility index (Phi) is 6.81. The zero-order valence-electron chi connectivity index (χ0n) is 16.2. The minimum Gasteiger partial charge on any atom is -0.444 e. The third kappa shape index (κ3) is 6.65. The Hall–Kier alpha value is -1.63. The second-order valence-corrected chi connectivity index (χ2v) is 7.93. The van der Waals surface area contributed by atoms with Gasteiger partial charge in [0, 0.05) is 19.0 Å². The van der Waals surface area contributed by atoms with Gasteiger partial charge in [0.2, 0.25) is 5.89 Å². The molecule has 1 aliphatic heterocycles. The normalized spacial score (nSPS) is 19.8. The van der Waals surface area contributed by atoms with Crippen molar-refractivity contribution in [2.45, 2.75) is 78.5 Å². The van der Waals surface area contributed by atoms with Gasteiger partial charge in [-0.3, -0.25) is 4.90 Å². The number of unbranched alkanes of at least 4 members (excludes halogenated alkanes) is 1. The molecule has 2 unspecified atom stereocenters. The first-order valence-corrected chi connectivity index (χ1v) is 9.30. The van der Waals surface area contributed by atoms with E-state index in [1.54, 1.807) is 0 Å². The maximum atomic E-state index is 11.9. The second-order valence-electron chi connectivity index (χ2n) is 7.93. The second kappa shape index (κ2) is 8.65. The van der Waals surface area contributed by atoms with E-state index >= 15 is 0 Å². The molecule has 0 aliphatic carbocycles. The number of alkyl carbamates (subject to hydrolysis) is 1. The summed E-state index contributed by atoms with van der Waals surface area (Å²) >= 11 is 0. The Bertz CT molecular complexity index is 553. The molecule has 1 aromatic heterocycles. The number of aryl methyl sites for hydroxylation is 1. The van der Waals surface area contributed by atoms with Gasteiger partial charge in [-0.15, -0.1) is 0 Å². The van der Waals surface area contributed by atoms with Gasteiger partial charge in [-0.25, -0.2) is 4.79 Å². The van der Waals surface area contributed by atoms with Crippen LogP contribution in [-0.2, 0) is 17.7 Å². The number of hydrogen-bond donors (Lipinski definition) is 1. The van der Waals surface area contributed by atoms with E-state index in [-0.39, 0.29) is 12.1 Å². The van der Waals surface area contributed by atoms with Crippen molar-refractivity contribution in [3.05, 3.63) is 11.7 Å². The van der Waals surface area contributed by atoms with Gasteiger partial charge in [-0.05, 0) is 53.0 Å². The third-order valence-electron chi connectivity index (χ3n) is 4.38. The molecule has 1 aromatic rings. The number of nitrogens with one attached hydrogen (secondary N) is 1. The topological polar surface area (TPSA) is 80.5 Å². The van der Waals surface area contributed by atoms with Crippen LogP contribution >= 0.6 is 0 Å². The molecule has 0 saturated carbocycles. The Labute approximate surface area is 150 Å². The quantitative estimate of drug-likeness (QED) is 0.812. The molecule has 1 N–H and O–H groups in total. The number of ether oxygens (including phenoxy) is 1. The van der Waals surface area contributed by atoms with Crippen LogP contribution in [0.5, 0.6) is 0 Å². The van der Waals surface area contributed by atoms with Crippen LogP contribution in [0.3, 0.4) is 0 Å². The van der Waals surface area contributed by atoms with Crippen molar-refractivity contribution in [1.29, 1.82) is 0 Å². The van der Waals surface area contributed by atoms with E-state index in [0.29, 0.717) is 12.5 Å². The SMILES string of the molecule is CCCCc1nc(CN2CCC(C(C)NC(=O)OC(C)(C)C)C2)no1. The molecule has 0 aromatic carbocycles. The molecule has 142 valence electrons. The fourth-order valence-electron chi connectivity index (χ4n) is 3.01. The highest BCUT2D eigenvalue weighted by Crippen LogP contribution is 2.21. The van der Waals surface area contributed by atoms with Crippen molar-refractivity contribution in [2.75, 3.05) is 13.1 Å². The molecule has 0 spiro atoms. The molecular weight excluding hydrogens is 320 g/mol. The number of carbonyl (C=O) groups excluding carboxylic acids is 1. The van der Waals surface area contributed by atoms with Crippen molar-refractivity contribution < 1.29 is 14.1 Å². The van der Waals surface area contributed by atoms with Gasteiger partial charge in [-0.1, -0.05) is 18.5 Å². The summed E-state index contributed by atoms with van der Waals surface area (Å²) in [6.45, 7) is 12.4. The summed E-state index contributed by atoms with van der Waals surface area (Å²) in [4.78, 5) is 18.7. The maximum Gasteiger partial charge on any atom is 0.407 e. The minimum atomic E-state index is -0.473. The molecule has 2 atom stereocenters. The summed E-state index contributed by atoms with van der Waals surface area (Å²) in [6, 6.07) is 0.0743. The molecule has 1 aliphatic rings. The van der Waals surface area contributed by atoms with Crippen molar-refractivity contribution >= 4 is 6.09 Å². The van der Waals surface area contributed by atoms with Crippen LogP contribution in [0.15, 0.2) is 4.52 Å². The highest BCUT2D eigenvalue weighted by molar-refractivity contribution is 5.68. The maximum absolute atomic E-state index is 11.9. The van der Waals surface area contributed by atoms with Crippen LogP contribution in [0.2, 0.25) is 0 Å². The molecule has 2 rings (SSSR count). The van der Waals surface area contributed by atoms with E-state index < -0.39 is 5.60 Å². The van der Waals surface area contributed by atoms with Crippen LogP contribution in [0.25, 0.3) is 0 Å². The van der Waals surface area contributed by atoms with E-state index in [9.17, 15) is 4.79 Å². The lowest BCUT2D eigenvalue weighted by Gasteiger charge is -2.24. The Balaban J connectivity index is 1.76. The fourth-order valence-corrected chi connectivity index (χ4v) is 3.01. The lowest BCUT2D eigenvalue weighted by Crippen LogP contribution is -2.42. The third-order valence-corrected chi connectivity index (χ3v) is 4.38. The van der Waals surface area contributed by atoms with Crippen LogP contribution in [0, 0.1) is 5.92 Å². The van der Waals surface area contributed by atoms with Crippen LogP contribution in [0.4, 0.5) is 4.79 Å². The average molecular weight is 352 g/mol. The number of hydrogen-bond acceptors (Lipinski definition) is 6. The lowest BCUT2D eigenvalue weighted by atomic mass is 10.0. The molecule has 1 amide bonds. The van der Waals surface area contributed by atoms with Crippen molar-refractivity contribution in [1.82, 2.24) is 20.4 Å². The number of nitrogens with zero attached hydrogens (tertiary/aromatic N) is 3. The number of rotatable bonds is 7. The van der Waals surface area contributed by atoms with Gasteiger partial charge >= 0.3 is 6.09 Å². The van der Waals surface area contributed by atoms with Crippen molar-refractivity contribution in [3.8, 4) is 0 Å². The van der Waals surface area contributed by atoms with Gasteiger partial charge in [-0.2, -0.15) is 4.98 Å². The van der Waals surface area contributed by atoms with Crippen molar-refractivity contribution in [3.63, 3.8) is 0 Å². The molecular formula is C18H32N4O3. The predicted molar refractivity (Wildman–Crippen MR) is 95.1 cm³/mol. The standard InChI is InChI=1S/C18H32N4O3/c1-6-7-8-16-20-15(21-25-16)12-22-10-9-14(11-22)13(2)19-17(23)24-18(3,4)5/h13-14H,6-12H2,1-5H3,(H,19,23). The summed E-state index contributed by atoms with van der Waals surface area (Å²) in [5, 5.41) is 7.03. The van der Waals surface area contributed by atoms with Gasteiger partial charge in [0.15, 0.2) is 5.82 Å². The summed E-state index contributed by atoms with van der Waals surface area (Å²) in [6.07, 6.45) is 3.73. The van der Waals surface area contributed by atoms with Crippen LogP contribution in [0.1, 0.15) is 65.6 Å². The van der Waals surface area contributed by atoms with E-state index in [1.807, 2.05) is 27.7 Å². The molecule has 1 fully saturated rings. The molecule has 7 nitrogen and oxygen atoms in total. The Morgan fingerprint density at radius 3 is 2.92 bits per heavy atom. The highest BCUT2D eigenvalue weighted by Gasteiger charge is 2.29. The van der Waals surface area contributed by atoms with E-state index in [2.05, 4.69) is 27.3 Å². The summed E-state index contributed by atoms with van der Waals surface area (Å²) in [7, 11) is 0. The van der Waals surface area contributed by atoms with Crippen molar-refractivity contribution in [2.24, 2.45) is 5.92 Å². The number of aromatic nitrogens is 2. The predicted octanol–water partition coefficient (Wildman–Crippen LogP) is 3.15. The highest BCUT2D eigenvalue weighted by atomic mass is 16.6. The monoisotopic (exact) mass is 352 g/mol. The van der Waals surface area contributed by atoms with E-state index in [1.165, 1.54) is 0 Å². The first kappa shape index (κ1) is 19.7. The Morgan fingerprint density at radius 1 is 1.48 bits per heavy atom. The molecule has 2 heterocycles. The molecule has 7 heteroatoms. The molecule has 0 radical (unpaired) electrons. The van der Waals surface area contributed by atoms with Crippen LogP contribution in [-0.4, -0.2) is 45.9 Å². The number of carbonyl (C=O) groups is 1. The Morgan fingerprint density at radius 2 is 2.24 bits per heavy atom. The largest absolute Gasteiger partial charge is 0.444 e. The smallest absolute Gasteiger partial charge is 0.407 e. The average Bonchev–Trinajstić information content (AvgIpc) is 3.13. The number of likely N-dealkylation sites (tertiary alicyclic amines) is 1. The van der Waals surface area contributed by atoms with Crippen LogP contribution < -0.4 is 5.32 Å². The van der Waals surface area contributed by atoms with Gasteiger partial charge in [0.05, 0.1) is 6.54 Å².